The van der Waals surface area contributed by atoms with Crippen molar-refractivity contribution < 1.29 is 5.11 Å². The molecule has 0 saturated heterocycles. The van der Waals surface area contributed by atoms with Gasteiger partial charge in [0.2, 0.25) is 0 Å². The zero-order chi connectivity index (χ0) is 15.5. The molecule has 1 aromatic carbocycles. The van der Waals surface area contributed by atoms with Crippen LogP contribution < -0.4 is 5.32 Å². The van der Waals surface area contributed by atoms with E-state index in [0.29, 0.717) is 5.69 Å². The summed E-state index contributed by atoms with van der Waals surface area (Å²) in [6.07, 6.45) is 0.949. The molecule has 0 spiro atoms. The second kappa shape index (κ2) is 6.58. The Labute approximate surface area is 134 Å². The first kappa shape index (κ1) is 16.0. The number of pyridine rings is 1. The van der Waals surface area contributed by atoms with Crippen molar-refractivity contribution in [1.82, 2.24) is 4.98 Å². The summed E-state index contributed by atoms with van der Waals surface area (Å²) in [7, 11) is 0. The van der Waals surface area contributed by atoms with Gasteiger partial charge in [0.05, 0.1) is 5.69 Å². The molecule has 2 aromatic rings. The van der Waals surface area contributed by atoms with E-state index in [-0.39, 0.29) is 5.41 Å². The first-order valence-corrected chi connectivity index (χ1v) is 7.78. The summed E-state index contributed by atoms with van der Waals surface area (Å²) in [5.74, 6) is 0. The summed E-state index contributed by atoms with van der Waals surface area (Å²) in [6.45, 7) is 7.35. The van der Waals surface area contributed by atoms with E-state index in [0.717, 1.165) is 22.3 Å². The zero-order valence-electron chi connectivity index (χ0n) is 12.6. The van der Waals surface area contributed by atoms with Gasteiger partial charge in [-0.3, -0.25) is 4.98 Å². The summed E-state index contributed by atoms with van der Waals surface area (Å²) in [5.41, 5.74) is 2.58. The SMILES string of the molecule is CC(C)(C)CNc1ccc(Br)cc1C(O)c1ccccn1. The minimum absolute atomic E-state index is 0.167. The van der Waals surface area contributed by atoms with E-state index in [1.807, 2.05) is 36.4 Å². The topological polar surface area (TPSA) is 45.1 Å². The number of aromatic nitrogens is 1. The van der Waals surface area contributed by atoms with Crippen LogP contribution in [-0.2, 0) is 0 Å². The molecule has 3 nitrogen and oxygen atoms in total. The molecule has 0 aliphatic heterocycles. The summed E-state index contributed by atoms with van der Waals surface area (Å²) in [4.78, 5) is 4.24. The quantitative estimate of drug-likeness (QED) is 0.861. The summed E-state index contributed by atoms with van der Waals surface area (Å²) in [6, 6.07) is 11.4. The van der Waals surface area contributed by atoms with Gasteiger partial charge in [-0.25, -0.2) is 0 Å². The highest BCUT2D eigenvalue weighted by atomic mass is 79.9. The Hall–Kier alpha value is -1.39. The highest BCUT2D eigenvalue weighted by Crippen LogP contribution is 2.30. The maximum atomic E-state index is 10.6. The number of nitrogens with zero attached hydrogens (tertiary/aromatic N) is 1. The zero-order valence-corrected chi connectivity index (χ0v) is 14.2. The predicted octanol–water partition coefficient (Wildman–Crippen LogP) is 4.38. The summed E-state index contributed by atoms with van der Waals surface area (Å²) in [5, 5.41) is 14.0. The molecular weight excluding hydrogens is 328 g/mol. The standard InChI is InChI=1S/C17H21BrN2O/c1-17(2,3)11-20-14-8-7-12(18)10-13(14)16(21)15-6-4-5-9-19-15/h4-10,16,20-21H,11H2,1-3H3. The molecule has 21 heavy (non-hydrogen) atoms. The number of aliphatic hydroxyl groups excluding tert-OH is 1. The first-order chi connectivity index (χ1) is 9.87. The molecular formula is C17H21BrN2O. The maximum Gasteiger partial charge on any atom is 0.123 e. The van der Waals surface area contributed by atoms with Gasteiger partial charge < -0.3 is 10.4 Å². The lowest BCUT2D eigenvalue weighted by Crippen LogP contribution is -2.20. The van der Waals surface area contributed by atoms with Crippen molar-refractivity contribution in [3.05, 3.63) is 58.3 Å². The van der Waals surface area contributed by atoms with Gasteiger partial charge in [0.15, 0.2) is 0 Å². The van der Waals surface area contributed by atoms with Crippen LogP contribution in [0.25, 0.3) is 0 Å². The van der Waals surface area contributed by atoms with Crippen LogP contribution >= 0.6 is 15.9 Å². The second-order valence-electron chi connectivity index (χ2n) is 6.30. The van der Waals surface area contributed by atoms with Gasteiger partial charge in [-0.05, 0) is 35.7 Å². The van der Waals surface area contributed by atoms with E-state index in [4.69, 9.17) is 0 Å². The number of hydrogen-bond donors (Lipinski definition) is 2. The second-order valence-corrected chi connectivity index (χ2v) is 7.22. The predicted molar refractivity (Wildman–Crippen MR) is 90.4 cm³/mol. The third-order valence-corrected chi connectivity index (χ3v) is 3.58. The molecule has 0 saturated carbocycles. The van der Waals surface area contributed by atoms with Crippen LogP contribution in [-0.4, -0.2) is 16.6 Å². The number of nitrogens with one attached hydrogen (secondary N) is 1. The minimum atomic E-state index is -0.744. The van der Waals surface area contributed by atoms with Crippen molar-refractivity contribution in [1.29, 1.82) is 0 Å². The van der Waals surface area contributed by atoms with Crippen LogP contribution in [0.4, 0.5) is 5.69 Å². The van der Waals surface area contributed by atoms with Crippen LogP contribution in [0, 0.1) is 5.41 Å². The van der Waals surface area contributed by atoms with Crippen molar-refractivity contribution in [2.75, 3.05) is 11.9 Å². The van der Waals surface area contributed by atoms with Gasteiger partial charge in [-0.2, -0.15) is 0 Å². The van der Waals surface area contributed by atoms with Gasteiger partial charge in [0.25, 0.3) is 0 Å². The molecule has 112 valence electrons. The molecule has 0 aliphatic rings. The van der Waals surface area contributed by atoms with E-state index < -0.39 is 6.10 Å². The molecule has 2 N–H and O–H groups in total. The fourth-order valence-electron chi connectivity index (χ4n) is 1.98. The highest BCUT2D eigenvalue weighted by Gasteiger charge is 2.17. The Kier molecular flexibility index (Phi) is 5.01. The molecule has 1 heterocycles. The third kappa shape index (κ3) is 4.55. The van der Waals surface area contributed by atoms with Gasteiger partial charge in [0, 0.05) is 28.5 Å². The van der Waals surface area contributed by atoms with E-state index in [1.54, 1.807) is 6.20 Å². The Morgan fingerprint density at radius 2 is 2.00 bits per heavy atom. The number of anilines is 1. The summed E-state index contributed by atoms with van der Waals surface area (Å²) >= 11 is 3.47. The molecule has 0 fully saturated rings. The van der Waals surface area contributed by atoms with Crippen molar-refractivity contribution >= 4 is 21.6 Å². The molecule has 1 aromatic heterocycles. The molecule has 0 bridgehead atoms. The fraction of sp³-hybridized carbons (Fsp3) is 0.353. The summed E-state index contributed by atoms with van der Waals surface area (Å²) < 4.78 is 0.939. The number of rotatable bonds is 4. The van der Waals surface area contributed by atoms with E-state index in [2.05, 4.69) is 47.0 Å². The van der Waals surface area contributed by atoms with E-state index >= 15 is 0 Å². The van der Waals surface area contributed by atoms with Crippen molar-refractivity contribution in [2.45, 2.75) is 26.9 Å². The van der Waals surface area contributed by atoms with Gasteiger partial charge >= 0.3 is 0 Å². The minimum Gasteiger partial charge on any atom is -0.384 e. The normalized spacial score (nSPS) is 13.0. The number of aliphatic hydroxyl groups is 1. The fourth-order valence-corrected chi connectivity index (χ4v) is 2.36. The van der Waals surface area contributed by atoms with Gasteiger partial charge in [-0.1, -0.05) is 42.8 Å². The number of hydrogen-bond acceptors (Lipinski definition) is 3. The van der Waals surface area contributed by atoms with Crippen LogP contribution in [0.15, 0.2) is 47.1 Å². The lowest BCUT2D eigenvalue weighted by molar-refractivity contribution is 0.216. The van der Waals surface area contributed by atoms with Crippen LogP contribution in [0.3, 0.4) is 0 Å². The highest BCUT2D eigenvalue weighted by molar-refractivity contribution is 9.10. The molecule has 0 aliphatic carbocycles. The Morgan fingerprint density at radius 3 is 2.62 bits per heavy atom. The van der Waals surface area contributed by atoms with E-state index in [9.17, 15) is 5.11 Å². The average molecular weight is 349 g/mol. The molecule has 1 unspecified atom stereocenters. The van der Waals surface area contributed by atoms with Crippen LogP contribution in [0.1, 0.15) is 38.1 Å². The van der Waals surface area contributed by atoms with E-state index in [1.165, 1.54) is 0 Å². The first-order valence-electron chi connectivity index (χ1n) is 6.99. The largest absolute Gasteiger partial charge is 0.384 e. The lowest BCUT2D eigenvalue weighted by Gasteiger charge is -2.23. The van der Waals surface area contributed by atoms with Gasteiger partial charge in [0.1, 0.15) is 6.10 Å². The number of benzene rings is 1. The Balaban J connectivity index is 2.31. The molecule has 4 heteroatoms. The number of halogens is 1. The lowest BCUT2D eigenvalue weighted by atomic mass is 9.96. The Bertz CT molecular complexity index is 593. The van der Waals surface area contributed by atoms with Gasteiger partial charge in [-0.15, -0.1) is 0 Å². The smallest absolute Gasteiger partial charge is 0.123 e. The third-order valence-electron chi connectivity index (χ3n) is 3.09. The van der Waals surface area contributed by atoms with Crippen molar-refractivity contribution in [3.8, 4) is 0 Å². The maximum absolute atomic E-state index is 10.6. The average Bonchev–Trinajstić information content (AvgIpc) is 2.45. The van der Waals surface area contributed by atoms with Crippen LogP contribution in [0.2, 0.25) is 0 Å². The monoisotopic (exact) mass is 348 g/mol. The van der Waals surface area contributed by atoms with Crippen LogP contribution in [0.5, 0.6) is 0 Å². The Morgan fingerprint density at radius 1 is 1.24 bits per heavy atom. The molecule has 0 amide bonds. The van der Waals surface area contributed by atoms with Crippen molar-refractivity contribution in [2.24, 2.45) is 5.41 Å². The molecule has 2 rings (SSSR count). The van der Waals surface area contributed by atoms with Crippen molar-refractivity contribution in [3.63, 3.8) is 0 Å². The molecule has 0 radical (unpaired) electrons. The molecule has 1 atom stereocenters.